The Morgan fingerprint density at radius 2 is 1.59 bits per heavy atom. The number of benzene rings is 4. The molecule has 2 aliphatic heterocycles. The number of carbonyl (C=O) groups is 2. The number of hydrogen-bond donors (Lipinski definition) is 1. The van der Waals surface area contributed by atoms with Gasteiger partial charge in [0.1, 0.15) is 16.7 Å². The lowest BCUT2D eigenvalue weighted by Crippen LogP contribution is -2.38. The Labute approximate surface area is 278 Å². The van der Waals surface area contributed by atoms with Crippen LogP contribution in [0.2, 0.25) is 0 Å². The third-order valence-electron chi connectivity index (χ3n) is 8.07. The Kier molecular flexibility index (Phi) is 10.2. The number of nitrogens with zero attached hydrogens (tertiary/aromatic N) is 2. The number of thiocarbonyl (C=S) groups is 1. The molecule has 2 heterocycles. The van der Waals surface area contributed by atoms with Crippen LogP contribution in [0.15, 0.2) is 102 Å². The number of aromatic carboxylic acids is 1. The average Bonchev–Trinajstić information content (AvgIpc) is 3.36. The molecule has 0 radical (unpaired) electrons. The number of amides is 1. The molecule has 0 spiro atoms. The number of morpholine rings is 1. The third kappa shape index (κ3) is 7.74. The van der Waals surface area contributed by atoms with E-state index in [9.17, 15) is 9.59 Å². The molecule has 7 nitrogen and oxygen atoms in total. The molecule has 1 N–H and O–H groups in total. The molecule has 9 heteroatoms. The van der Waals surface area contributed by atoms with E-state index in [0.29, 0.717) is 28.8 Å². The van der Waals surface area contributed by atoms with Gasteiger partial charge in [-0.1, -0.05) is 96.8 Å². The highest BCUT2D eigenvalue weighted by atomic mass is 32.2. The van der Waals surface area contributed by atoms with Gasteiger partial charge in [0.2, 0.25) is 0 Å². The smallest absolute Gasteiger partial charge is 0.335 e. The molecule has 0 atom stereocenters. The van der Waals surface area contributed by atoms with Crippen LogP contribution in [0.3, 0.4) is 0 Å². The Bertz CT molecular complexity index is 1730. The quantitative estimate of drug-likeness (QED) is 0.139. The zero-order chi connectivity index (χ0) is 31.9. The molecule has 0 unspecified atom stereocenters. The first kappa shape index (κ1) is 31.7. The number of carbonyl (C=O) groups excluding carboxylic acids is 1. The molecule has 0 aromatic heterocycles. The number of carboxylic acids is 1. The van der Waals surface area contributed by atoms with Gasteiger partial charge in [-0.2, -0.15) is 0 Å². The van der Waals surface area contributed by atoms with Crippen LogP contribution in [0.4, 0.5) is 0 Å². The minimum absolute atomic E-state index is 0.128. The minimum atomic E-state index is -0.964. The van der Waals surface area contributed by atoms with Gasteiger partial charge in [0.15, 0.2) is 0 Å². The molecule has 4 aromatic carbocycles. The van der Waals surface area contributed by atoms with E-state index in [-0.39, 0.29) is 11.5 Å². The summed E-state index contributed by atoms with van der Waals surface area (Å²) in [6.07, 6.45) is 2.46. The van der Waals surface area contributed by atoms with Gasteiger partial charge in [-0.3, -0.25) is 14.6 Å². The van der Waals surface area contributed by atoms with Crippen molar-refractivity contribution < 1.29 is 24.2 Å². The number of thioether (sulfide) groups is 1. The maximum atomic E-state index is 13.4. The zero-order valence-electron chi connectivity index (χ0n) is 25.3. The summed E-state index contributed by atoms with van der Waals surface area (Å²) in [5.74, 6) is -0.301. The van der Waals surface area contributed by atoms with Gasteiger partial charge in [0, 0.05) is 31.7 Å². The molecule has 2 aliphatic rings. The first-order chi connectivity index (χ1) is 22.4. The molecular formula is C37H34N2O5S2. The van der Waals surface area contributed by atoms with Crippen LogP contribution in [0.5, 0.6) is 5.75 Å². The lowest BCUT2D eigenvalue weighted by Gasteiger charge is -2.26. The lowest BCUT2D eigenvalue weighted by atomic mass is 9.98. The molecule has 2 saturated heterocycles. The second-order valence-electron chi connectivity index (χ2n) is 11.1. The number of rotatable bonds is 11. The summed E-state index contributed by atoms with van der Waals surface area (Å²) in [6.45, 7) is 5.12. The van der Waals surface area contributed by atoms with Crippen molar-refractivity contribution in [3.05, 3.63) is 119 Å². The topological polar surface area (TPSA) is 79.3 Å². The monoisotopic (exact) mass is 650 g/mol. The van der Waals surface area contributed by atoms with Crippen LogP contribution in [-0.2, 0) is 16.0 Å². The van der Waals surface area contributed by atoms with Gasteiger partial charge < -0.3 is 14.6 Å². The first-order valence-corrected chi connectivity index (χ1v) is 16.5. The molecule has 46 heavy (non-hydrogen) atoms. The average molecular weight is 651 g/mol. The molecule has 234 valence electrons. The van der Waals surface area contributed by atoms with Gasteiger partial charge in [0.05, 0.1) is 23.7 Å². The molecule has 0 saturated carbocycles. The van der Waals surface area contributed by atoms with E-state index in [4.69, 9.17) is 26.8 Å². The summed E-state index contributed by atoms with van der Waals surface area (Å²) in [5.41, 5.74) is 6.33. The van der Waals surface area contributed by atoms with E-state index in [1.165, 1.54) is 11.8 Å². The van der Waals surface area contributed by atoms with Crippen molar-refractivity contribution in [1.29, 1.82) is 0 Å². The number of carboxylic acid groups (broad SMARTS) is 1. The molecule has 0 aliphatic carbocycles. The Hall–Kier alpha value is -4.28. The van der Waals surface area contributed by atoms with Gasteiger partial charge in [0.25, 0.3) is 5.91 Å². The van der Waals surface area contributed by atoms with Crippen molar-refractivity contribution in [3.8, 4) is 28.0 Å². The van der Waals surface area contributed by atoms with Gasteiger partial charge in [-0.05, 0) is 64.6 Å². The SMILES string of the molecule is O=C(O)c1ccc(CCN2C(=O)C(=Cc3ccc(OCCN4CCOCC4)c(-c4ccc(-c5ccccc5)cc4)c3)SC2=S)cc1. The predicted molar refractivity (Wildman–Crippen MR) is 187 cm³/mol. The molecule has 1 amide bonds. The van der Waals surface area contributed by atoms with Crippen LogP contribution in [-0.4, -0.2) is 77.1 Å². The van der Waals surface area contributed by atoms with E-state index in [1.54, 1.807) is 29.2 Å². The van der Waals surface area contributed by atoms with Crippen LogP contribution < -0.4 is 4.74 Å². The van der Waals surface area contributed by atoms with Gasteiger partial charge in [-0.15, -0.1) is 0 Å². The fraction of sp³-hybridized carbons (Fsp3) is 0.216. The summed E-state index contributed by atoms with van der Waals surface area (Å²) < 4.78 is 12.3. The van der Waals surface area contributed by atoms with Crippen molar-refractivity contribution in [2.45, 2.75) is 6.42 Å². The van der Waals surface area contributed by atoms with Crippen LogP contribution >= 0.6 is 24.0 Å². The Morgan fingerprint density at radius 1 is 0.891 bits per heavy atom. The summed E-state index contributed by atoms with van der Waals surface area (Å²) in [7, 11) is 0. The highest BCUT2D eigenvalue weighted by Gasteiger charge is 2.31. The van der Waals surface area contributed by atoms with Crippen molar-refractivity contribution >= 4 is 46.3 Å². The Balaban J connectivity index is 1.20. The van der Waals surface area contributed by atoms with E-state index in [2.05, 4.69) is 47.4 Å². The summed E-state index contributed by atoms with van der Waals surface area (Å²) in [6, 6.07) is 31.5. The van der Waals surface area contributed by atoms with Gasteiger partial charge >= 0.3 is 5.97 Å². The molecule has 4 aromatic rings. The maximum Gasteiger partial charge on any atom is 0.335 e. The van der Waals surface area contributed by atoms with Crippen molar-refractivity contribution in [2.75, 3.05) is 46.0 Å². The fourth-order valence-corrected chi connectivity index (χ4v) is 6.78. The molecular weight excluding hydrogens is 617 g/mol. The predicted octanol–water partition coefficient (Wildman–Crippen LogP) is 6.87. The zero-order valence-corrected chi connectivity index (χ0v) is 26.9. The first-order valence-electron chi connectivity index (χ1n) is 15.2. The number of hydrogen-bond acceptors (Lipinski definition) is 7. The van der Waals surface area contributed by atoms with Crippen molar-refractivity contribution in [3.63, 3.8) is 0 Å². The minimum Gasteiger partial charge on any atom is -0.492 e. The second-order valence-corrected chi connectivity index (χ2v) is 12.8. The Morgan fingerprint density at radius 3 is 2.30 bits per heavy atom. The molecule has 6 rings (SSSR count). The second kappa shape index (κ2) is 14.9. The fourth-order valence-electron chi connectivity index (χ4n) is 5.47. The number of ether oxygens (including phenoxy) is 2. The van der Waals surface area contributed by atoms with Crippen LogP contribution in [0.1, 0.15) is 21.5 Å². The van der Waals surface area contributed by atoms with E-state index < -0.39 is 5.97 Å². The summed E-state index contributed by atoms with van der Waals surface area (Å²) in [4.78, 5) is 29.1. The molecule has 2 fully saturated rings. The summed E-state index contributed by atoms with van der Waals surface area (Å²) in [5, 5.41) is 9.14. The van der Waals surface area contributed by atoms with E-state index >= 15 is 0 Å². The van der Waals surface area contributed by atoms with Crippen molar-refractivity contribution in [1.82, 2.24) is 9.80 Å². The maximum absolute atomic E-state index is 13.4. The van der Waals surface area contributed by atoms with Crippen molar-refractivity contribution in [2.24, 2.45) is 0 Å². The van der Waals surface area contributed by atoms with Gasteiger partial charge in [-0.25, -0.2) is 4.79 Å². The standard InChI is InChI=1S/C37H34N2O5S2/c40-35-34(46-37(45)39(35)17-16-26-6-9-31(10-7-26)36(41)42)25-27-8-15-33(44-23-20-38-18-21-43-22-19-38)32(24-27)30-13-11-29(12-14-30)28-4-2-1-3-5-28/h1-15,24-25H,16-23H2,(H,41,42). The van der Waals surface area contributed by atoms with Crippen LogP contribution in [0, 0.1) is 0 Å². The normalized spacial score (nSPS) is 16.3. The highest BCUT2D eigenvalue weighted by Crippen LogP contribution is 2.36. The highest BCUT2D eigenvalue weighted by molar-refractivity contribution is 8.26. The largest absolute Gasteiger partial charge is 0.492 e. The lowest BCUT2D eigenvalue weighted by molar-refractivity contribution is -0.122. The van der Waals surface area contributed by atoms with E-state index in [0.717, 1.165) is 72.0 Å². The third-order valence-corrected chi connectivity index (χ3v) is 9.45. The summed E-state index contributed by atoms with van der Waals surface area (Å²) >= 11 is 6.87. The van der Waals surface area contributed by atoms with Crippen LogP contribution in [0.25, 0.3) is 28.3 Å². The molecule has 0 bridgehead atoms. The van der Waals surface area contributed by atoms with E-state index in [1.807, 2.05) is 36.4 Å².